The molecule has 2 heterocycles. The van der Waals surface area contributed by atoms with Crippen molar-refractivity contribution in [1.82, 2.24) is 10.3 Å². The summed E-state index contributed by atoms with van der Waals surface area (Å²) in [7, 11) is 1.67. The van der Waals surface area contributed by atoms with E-state index in [1.165, 1.54) is 0 Å². The van der Waals surface area contributed by atoms with Gasteiger partial charge in [-0.25, -0.2) is 0 Å². The molecular formula is C11H17N3O. The van der Waals surface area contributed by atoms with E-state index in [-0.39, 0.29) is 0 Å². The van der Waals surface area contributed by atoms with E-state index < -0.39 is 0 Å². The van der Waals surface area contributed by atoms with E-state index in [2.05, 4.69) is 22.1 Å². The molecular weight excluding hydrogens is 190 g/mol. The summed E-state index contributed by atoms with van der Waals surface area (Å²) in [6, 6.07) is 2.54. The lowest BCUT2D eigenvalue weighted by molar-refractivity contribution is 0.412. The van der Waals surface area contributed by atoms with E-state index in [9.17, 15) is 0 Å². The molecule has 1 aliphatic heterocycles. The van der Waals surface area contributed by atoms with E-state index in [4.69, 9.17) is 4.74 Å². The maximum atomic E-state index is 5.18. The van der Waals surface area contributed by atoms with E-state index in [1.54, 1.807) is 13.3 Å². The van der Waals surface area contributed by atoms with Crippen LogP contribution in [0.1, 0.15) is 6.92 Å². The number of nitrogens with one attached hydrogen (secondary N) is 1. The van der Waals surface area contributed by atoms with Crippen molar-refractivity contribution in [3.05, 3.63) is 18.5 Å². The quantitative estimate of drug-likeness (QED) is 0.781. The maximum Gasteiger partial charge on any atom is 0.139 e. The lowest BCUT2D eigenvalue weighted by Gasteiger charge is -2.35. The number of pyridine rings is 1. The van der Waals surface area contributed by atoms with Crippen LogP contribution in [0.3, 0.4) is 0 Å². The number of anilines is 1. The predicted molar refractivity (Wildman–Crippen MR) is 60.5 cm³/mol. The molecule has 0 aromatic carbocycles. The highest BCUT2D eigenvalue weighted by molar-refractivity contribution is 5.49. The van der Waals surface area contributed by atoms with E-state index in [1.807, 2.05) is 12.3 Å². The topological polar surface area (TPSA) is 37.4 Å². The van der Waals surface area contributed by atoms with Crippen molar-refractivity contribution in [2.45, 2.75) is 13.0 Å². The second-order valence-corrected chi connectivity index (χ2v) is 3.83. The Bertz CT molecular complexity index is 329. The summed E-state index contributed by atoms with van der Waals surface area (Å²) < 4.78 is 5.18. The number of ether oxygens (including phenoxy) is 1. The molecule has 1 aromatic heterocycles. The number of piperazine rings is 1. The van der Waals surface area contributed by atoms with E-state index in [0.717, 1.165) is 31.1 Å². The Balaban J connectivity index is 2.19. The second kappa shape index (κ2) is 4.49. The van der Waals surface area contributed by atoms with Crippen LogP contribution in [0, 0.1) is 0 Å². The van der Waals surface area contributed by atoms with Crippen LogP contribution in [-0.4, -0.2) is 37.8 Å². The van der Waals surface area contributed by atoms with Gasteiger partial charge < -0.3 is 15.0 Å². The summed E-state index contributed by atoms with van der Waals surface area (Å²) >= 11 is 0. The Labute approximate surface area is 90.3 Å². The fourth-order valence-electron chi connectivity index (χ4n) is 1.90. The summed E-state index contributed by atoms with van der Waals surface area (Å²) in [6.45, 7) is 5.29. The highest BCUT2D eigenvalue weighted by atomic mass is 16.5. The Morgan fingerprint density at radius 3 is 3.13 bits per heavy atom. The van der Waals surface area contributed by atoms with Crippen LogP contribution < -0.4 is 15.0 Å². The summed E-state index contributed by atoms with van der Waals surface area (Å²) in [5.74, 6) is 0.818. The van der Waals surface area contributed by atoms with Gasteiger partial charge >= 0.3 is 0 Å². The van der Waals surface area contributed by atoms with Crippen LogP contribution in [-0.2, 0) is 0 Å². The van der Waals surface area contributed by atoms with Gasteiger partial charge in [0, 0.05) is 31.7 Å². The van der Waals surface area contributed by atoms with Crippen LogP contribution in [0.25, 0.3) is 0 Å². The number of aromatic nitrogens is 1. The third-order valence-corrected chi connectivity index (χ3v) is 2.77. The van der Waals surface area contributed by atoms with Gasteiger partial charge in [-0.3, -0.25) is 4.98 Å². The Morgan fingerprint density at radius 1 is 1.53 bits per heavy atom. The van der Waals surface area contributed by atoms with Gasteiger partial charge in [0.25, 0.3) is 0 Å². The Kier molecular flexibility index (Phi) is 3.06. The minimum atomic E-state index is 0.507. The molecule has 0 bridgehead atoms. The highest BCUT2D eigenvalue weighted by Crippen LogP contribution is 2.21. The molecule has 1 atom stereocenters. The van der Waals surface area contributed by atoms with Gasteiger partial charge in [-0.05, 0) is 6.92 Å². The lowest BCUT2D eigenvalue weighted by Crippen LogP contribution is -2.49. The smallest absolute Gasteiger partial charge is 0.139 e. The largest absolute Gasteiger partial charge is 0.495 e. The molecule has 0 unspecified atom stereocenters. The third kappa shape index (κ3) is 2.21. The molecule has 82 valence electrons. The molecule has 4 nitrogen and oxygen atoms in total. The Hall–Kier alpha value is -1.29. The molecule has 0 amide bonds. The summed E-state index contributed by atoms with van der Waals surface area (Å²) in [5, 5.41) is 3.37. The van der Waals surface area contributed by atoms with Gasteiger partial charge in [0.1, 0.15) is 5.75 Å². The first-order chi connectivity index (χ1) is 7.31. The molecule has 15 heavy (non-hydrogen) atoms. The van der Waals surface area contributed by atoms with Crippen LogP contribution in [0.5, 0.6) is 5.75 Å². The van der Waals surface area contributed by atoms with Crippen LogP contribution in [0.4, 0.5) is 5.69 Å². The molecule has 4 heteroatoms. The van der Waals surface area contributed by atoms with Crippen LogP contribution in [0.2, 0.25) is 0 Å². The first-order valence-electron chi connectivity index (χ1n) is 5.27. The van der Waals surface area contributed by atoms with Gasteiger partial charge in [-0.2, -0.15) is 0 Å². The van der Waals surface area contributed by atoms with Crippen molar-refractivity contribution in [3.8, 4) is 5.75 Å². The fourth-order valence-corrected chi connectivity index (χ4v) is 1.90. The average molecular weight is 207 g/mol. The van der Waals surface area contributed by atoms with Crippen molar-refractivity contribution in [2.75, 3.05) is 31.6 Å². The maximum absolute atomic E-state index is 5.18. The monoisotopic (exact) mass is 207 g/mol. The molecule has 0 saturated carbocycles. The van der Waals surface area contributed by atoms with Crippen LogP contribution in [0.15, 0.2) is 18.5 Å². The van der Waals surface area contributed by atoms with Crippen molar-refractivity contribution in [3.63, 3.8) is 0 Å². The summed E-state index contributed by atoms with van der Waals surface area (Å²) in [6.07, 6.45) is 3.63. The van der Waals surface area contributed by atoms with Crippen molar-refractivity contribution < 1.29 is 4.74 Å². The van der Waals surface area contributed by atoms with Crippen LogP contribution >= 0.6 is 0 Å². The van der Waals surface area contributed by atoms with E-state index in [0.29, 0.717) is 6.04 Å². The zero-order chi connectivity index (χ0) is 10.7. The van der Waals surface area contributed by atoms with Gasteiger partial charge in [-0.15, -0.1) is 0 Å². The molecule has 2 rings (SSSR count). The standard InChI is InChI=1S/C11H17N3O/c1-9-6-12-3-4-14(9)10-5-11(15-2)8-13-7-10/h5,7-9,12H,3-4,6H2,1-2H3/t9-/m1/s1. The highest BCUT2D eigenvalue weighted by Gasteiger charge is 2.18. The van der Waals surface area contributed by atoms with Gasteiger partial charge in [0.15, 0.2) is 0 Å². The Morgan fingerprint density at radius 2 is 2.40 bits per heavy atom. The number of nitrogens with zero attached hydrogens (tertiary/aromatic N) is 2. The minimum Gasteiger partial charge on any atom is -0.495 e. The van der Waals surface area contributed by atoms with Crippen molar-refractivity contribution in [2.24, 2.45) is 0 Å². The average Bonchev–Trinajstić information content (AvgIpc) is 2.30. The lowest BCUT2D eigenvalue weighted by atomic mass is 10.2. The molecule has 0 spiro atoms. The molecule has 0 aliphatic carbocycles. The number of methoxy groups -OCH3 is 1. The predicted octanol–water partition coefficient (Wildman–Crippen LogP) is 0.888. The number of hydrogen-bond donors (Lipinski definition) is 1. The number of hydrogen-bond acceptors (Lipinski definition) is 4. The fraction of sp³-hybridized carbons (Fsp3) is 0.545. The minimum absolute atomic E-state index is 0.507. The molecule has 0 radical (unpaired) electrons. The summed E-state index contributed by atoms with van der Waals surface area (Å²) in [4.78, 5) is 6.53. The van der Waals surface area contributed by atoms with Gasteiger partial charge in [-0.1, -0.05) is 0 Å². The third-order valence-electron chi connectivity index (χ3n) is 2.77. The van der Waals surface area contributed by atoms with Crippen molar-refractivity contribution >= 4 is 5.69 Å². The van der Waals surface area contributed by atoms with Crippen molar-refractivity contribution in [1.29, 1.82) is 0 Å². The normalized spacial score (nSPS) is 21.5. The zero-order valence-corrected chi connectivity index (χ0v) is 9.23. The van der Waals surface area contributed by atoms with Gasteiger partial charge in [0.2, 0.25) is 0 Å². The molecule has 1 saturated heterocycles. The molecule has 1 fully saturated rings. The molecule has 1 N–H and O–H groups in total. The van der Waals surface area contributed by atoms with E-state index >= 15 is 0 Å². The molecule has 1 aromatic rings. The SMILES string of the molecule is COc1cncc(N2CCNC[C@H]2C)c1. The second-order valence-electron chi connectivity index (χ2n) is 3.83. The zero-order valence-electron chi connectivity index (χ0n) is 9.23. The summed E-state index contributed by atoms with van der Waals surface area (Å²) in [5.41, 5.74) is 1.14. The first kappa shape index (κ1) is 10.2. The number of rotatable bonds is 2. The van der Waals surface area contributed by atoms with Gasteiger partial charge in [0.05, 0.1) is 25.2 Å². The molecule has 1 aliphatic rings. The first-order valence-corrected chi connectivity index (χ1v) is 5.27.